The first-order chi connectivity index (χ1) is 10.2. The number of aliphatic carboxylic acids is 1. The summed E-state index contributed by atoms with van der Waals surface area (Å²) in [6, 6.07) is 5.40. The minimum Gasteiger partial charge on any atom is -0.497 e. The Morgan fingerprint density at radius 1 is 1.41 bits per heavy atom. The number of ether oxygens (including phenoxy) is 1. The summed E-state index contributed by atoms with van der Waals surface area (Å²) in [5.74, 6) is -0.477. The number of carbonyl (C=O) groups excluding carboxylic acids is 1. The van der Waals surface area contributed by atoms with Crippen molar-refractivity contribution in [3.8, 4) is 5.75 Å². The lowest BCUT2D eigenvalue weighted by atomic mass is 9.85. The Hall–Kier alpha value is -1.56. The zero-order valence-corrected chi connectivity index (χ0v) is 14.9. The zero-order chi connectivity index (χ0) is 16.9. The highest BCUT2D eigenvalue weighted by Gasteiger charge is 2.32. The van der Waals surface area contributed by atoms with Gasteiger partial charge in [-0.25, -0.2) is 0 Å². The number of hydrogen-bond acceptors (Lipinski definition) is 3. The van der Waals surface area contributed by atoms with E-state index in [2.05, 4.69) is 21.2 Å². The summed E-state index contributed by atoms with van der Waals surface area (Å²) in [6.45, 7) is 5.54. The van der Waals surface area contributed by atoms with Crippen LogP contribution in [0.25, 0.3) is 0 Å². The second-order valence-corrected chi connectivity index (χ2v) is 6.68. The standard InChI is InChI=1S/C16H22BrNO4/c1-10(2)16(3,9-15(20)21)18-14(19)8-11-7-12(22-4)5-6-13(11)17/h5-7,10H,8-9H2,1-4H3,(H,18,19)(H,20,21). The van der Waals surface area contributed by atoms with Crippen molar-refractivity contribution in [2.45, 2.75) is 39.2 Å². The number of hydrogen-bond donors (Lipinski definition) is 2. The van der Waals surface area contributed by atoms with Crippen molar-refractivity contribution in [3.63, 3.8) is 0 Å². The van der Waals surface area contributed by atoms with Gasteiger partial charge in [-0.1, -0.05) is 29.8 Å². The minimum atomic E-state index is -0.931. The van der Waals surface area contributed by atoms with Crippen LogP contribution < -0.4 is 10.1 Å². The van der Waals surface area contributed by atoms with Crippen LogP contribution in [0, 0.1) is 5.92 Å². The molecule has 1 aromatic carbocycles. The molecule has 6 heteroatoms. The van der Waals surface area contributed by atoms with E-state index in [1.165, 1.54) is 0 Å². The summed E-state index contributed by atoms with van der Waals surface area (Å²) in [5.41, 5.74) is 0.00660. The van der Waals surface area contributed by atoms with E-state index in [9.17, 15) is 9.59 Å². The molecule has 0 spiro atoms. The SMILES string of the molecule is COc1ccc(Br)c(CC(=O)NC(C)(CC(=O)O)C(C)C)c1. The molecule has 1 rings (SSSR count). The Balaban J connectivity index is 2.86. The molecule has 0 heterocycles. The van der Waals surface area contributed by atoms with Gasteiger partial charge in [0.05, 0.1) is 20.0 Å². The lowest BCUT2D eigenvalue weighted by Gasteiger charge is -2.33. The molecule has 122 valence electrons. The van der Waals surface area contributed by atoms with Gasteiger partial charge in [0.15, 0.2) is 0 Å². The molecule has 0 aliphatic heterocycles. The third kappa shape index (κ3) is 5.02. The Labute approximate surface area is 139 Å². The molecule has 0 aliphatic rings. The van der Waals surface area contributed by atoms with Gasteiger partial charge in [0.1, 0.15) is 5.75 Å². The highest BCUT2D eigenvalue weighted by atomic mass is 79.9. The van der Waals surface area contributed by atoms with Crippen LogP contribution in [0.4, 0.5) is 0 Å². The molecule has 0 bridgehead atoms. The van der Waals surface area contributed by atoms with Gasteiger partial charge in [-0.3, -0.25) is 9.59 Å². The van der Waals surface area contributed by atoms with E-state index in [1.807, 2.05) is 19.9 Å². The number of carbonyl (C=O) groups is 2. The van der Waals surface area contributed by atoms with Crippen LogP contribution in [0.5, 0.6) is 5.75 Å². The summed E-state index contributed by atoms with van der Waals surface area (Å²) in [7, 11) is 1.57. The average molecular weight is 372 g/mol. The van der Waals surface area contributed by atoms with Crippen LogP contribution in [0.1, 0.15) is 32.8 Å². The maximum absolute atomic E-state index is 12.3. The third-order valence-corrected chi connectivity index (χ3v) is 4.60. The number of carboxylic acids is 1. The van der Waals surface area contributed by atoms with E-state index >= 15 is 0 Å². The molecule has 0 fully saturated rings. The summed E-state index contributed by atoms with van der Waals surface area (Å²) in [5, 5.41) is 11.9. The molecule has 1 unspecified atom stereocenters. The van der Waals surface area contributed by atoms with Crippen LogP contribution in [0.3, 0.4) is 0 Å². The first kappa shape index (κ1) is 18.5. The van der Waals surface area contributed by atoms with Crippen LogP contribution in [-0.4, -0.2) is 29.6 Å². The molecule has 0 saturated carbocycles. The number of carboxylic acid groups (broad SMARTS) is 1. The van der Waals surface area contributed by atoms with Crippen LogP contribution in [-0.2, 0) is 16.0 Å². The van der Waals surface area contributed by atoms with Crippen molar-refractivity contribution in [2.75, 3.05) is 7.11 Å². The zero-order valence-electron chi connectivity index (χ0n) is 13.3. The molecule has 22 heavy (non-hydrogen) atoms. The molecule has 0 saturated heterocycles. The molecule has 0 aliphatic carbocycles. The Morgan fingerprint density at radius 3 is 2.55 bits per heavy atom. The van der Waals surface area contributed by atoms with Gasteiger partial charge in [0, 0.05) is 10.0 Å². The third-order valence-electron chi connectivity index (χ3n) is 3.82. The van der Waals surface area contributed by atoms with Crippen molar-refractivity contribution < 1.29 is 19.4 Å². The fourth-order valence-electron chi connectivity index (χ4n) is 2.06. The first-order valence-corrected chi connectivity index (χ1v) is 7.82. The Bertz CT molecular complexity index is 559. The fourth-order valence-corrected chi connectivity index (χ4v) is 2.44. The molecular formula is C16H22BrNO4. The average Bonchev–Trinajstić information content (AvgIpc) is 2.39. The van der Waals surface area contributed by atoms with E-state index in [0.717, 1.165) is 10.0 Å². The van der Waals surface area contributed by atoms with Crippen molar-refractivity contribution in [3.05, 3.63) is 28.2 Å². The van der Waals surface area contributed by atoms with Crippen molar-refractivity contribution in [2.24, 2.45) is 5.92 Å². The van der Waals surface area contributed by atoms with Gasteiger partial charge in [0.25, 0.3) is 0 Å². The molecule has 1 amide bonds. The predicted molar refractivity (Wildman–Crippen MR) is 88.0 cm³/mol. The topological polar surface area (TPSA) is 75.6 Å². The summed E-state index contributed by atoms with van der Waals surface area (Å²) >= 11 is 3.41. The van der Waals surface area contributed by atoms with E-state index in [4.69, 9.17) is 9.84 Å². The second-order valence-electron chi connectivity index (χ2n) is 5.82. The number of rotatable bonds is 7. The van der Waals surface area contributed by atoms with Gasteiger partial charge in [0.2, 0.25) is 5.91 Å². The van der Waals surface area contributed by atoms with Gasteiger partial charge < -0.3 is 15.2 Å². The number of halogens is 1. The Morgan fingerprint density at radius 2 is 2.05 bits per heavy atom. The van der Waals surface area contributed by atoms with Gasteiger partial charge in [-0.15, -0.1) is 0 Å². The predicted octanol–water partition coefficient (Wildman–Crippen LogP) is 3.01. The number of amides is 1. The molecule has 1 atom stereocenters. The maximum Gasteiger partial charge on any atom is 0.305 e. The number of nitrogens with one attached hydrogen (secondary N) is 1. The lowest BCUT2D eigenvalue weighted by molar-refractivity contribution is -0.139. The van der Waals surface area contributed by atoms with E-state index in [0.29, 0.717) is 5.75 Å². The molecule has 1 aromatic rings. The molecular weight excluding hydrogens is 350 g/mol. The van der Waals surface area contributed by atoms with Gasteiger partial charge in [-0.05, 0) is 36.6 Å². The molecule has 5 nitrogen and oxygen atoms in total. The number of benzene rings is 1. The lowest BCUT2D eigenvalue weighted by Crippen LogP contribution is -2.51. The molecule has 2 N–H and O–H groups in total. The van der Waals surface area contributed by atoms with E-state index in [1.54, 1.807) is 26.2 Å². The second kappa shape index (κ2) is 7.63. The quantitative estimate of drug-likeness (QED) is 0.772. The van der Waals surface area contributed by atoms with Crippen molar-refractivity contribution >= 4 is 27.8 Å². The first-order valence-electron chi connectivity index (χ1n) is 7.03. The largest absolute Gasteiger partial charge is 0.497 e. The van der Waals surface area contributed by atoms with Crippen LogP contribution in [0.15, 0.2) is 22.7 Å². The van der Waals surface area contributed by atoms with Crippen LogP contribution in [0.2, 0.25) is 0 Å². The van der Waals surface area contributed by atoms with Crippen molar-refractivity contribution in [1.29, 1.82) is 0 Å². The molecule has 0 radical (unpaired) electrons. The van der Waals surface area contributed by atoms with E-state index in [-0.39, 0.29) is 24.7 Å². The van der Waals surface area contributed by atoms with Crippen LogP contribution >= 0.6 is 15.9 Å². The van der Waals surface area contributed by atoms with Gasteiger partial charge >= 0.3 is 5.97 Å². The minimum absolute atomic E-state index is 0.00120. The maximum atomic E-state index is 12.3. The normalized spacial score (nSPS) is 13.5. The monoisotopic (exact) mass is 371 g/mol. The smallest absolute Gasteiger partial charge is 0.305 e. The summed E-state index contributed by atoms with van der Waals surface area (Å²) in [4.78, 5) is 23.3. The molecule has 0 aromatic heterocycles. The highest BCUT2D eigenvalue weighted by molar-refractivity contribution is 9.10. The summed E-state index contributed by atoms with van der Waals surface area (Å²) < 4.78 is 5.97. The highest BCUT2D eigenvalue weighted by Crippen LogP contribution is 2.24. The summed E-state index contributed by atoms with van der Waals surface area (Å²) in [6.07, 6.45) is 0.0371. The fraction of sp³-hybridized carbons (Fsp3) is 0.500. The van der Waals surface area contributed by atoms with E-state index < -0.39 is 11.5 Å². The Kier molecular flexibility index (Phi) is 6.41. The number of methoxy groups -OCH3 is 1. The van der Waals surface area contributed by atoms with Crippen molar-refractivity contribution in [1.82, 2.24) is 5.32 Å². The van der Waals surface area contributed by atoms with Gasteiger partial charge in [-0.2, -0.15) is 0 Å².